The average Bonchev–Trinajstić information content (AvgIpc) is 3.71. The number of nitrogens with zero attached hydrogens (tertiary/aromatic N) is 4. The lowest BCUT2D eigenvalue weighted by Gasteiger charge is -2.42. The molecule has 1 aromatic carbocycles. The summed E-state index contributed by atoms with van der Waals surface area (Å²) in [4.78, 5) is 22.6. The molecule has 3 aliphatic rings. The molecule has 3 heterocycles. The maximum Gasteiger partial charge on any atom is 0.248 e. The van der Waals surface area contributed by atoms with Crippen molar-refractivity contribution in [3.8, 4) is 5.75 Å². The SMILES string of the molecule is COc1cc(C)c(S(=O)N(CCOCC(=O)N2CCC(OCCN3CCCC3)(c3cccnc3)CC2)C2CC2)c(C)c1. The van der Waals surface area contributed by atoms with Crippen molar-refractivity contribution >= 4 is 16.9 Å². The van der Waals surface area contributed by atoms with Gasteiger partial charge in [-0.2, -0.15) is 0 Å². The second-order valence-electron chi connectivity index (χ2n) is 11.8. The molecular formula is C32H46N4O5S. The Morgan fingerprint density at radius 3 is 2.43 bits per heavy atom. The van der Waals surface area contributed by atoms with Gasteiger partial charge in [0.15, 0.2) is 0 Å². The van der Waals surface area contributed by atoms with Gasteiger partial charge < -0.3 is 24.0 Å². The van der Waals surface area contributed by atoms with Gasteiger partial charge in [-0.05, 0) is 94.8 Å². The number of hydrogen-bond donors (Lipinski definition) is 0. The number of ether oxygens (including phenoxy) is 3. The van der Waals surface area contributed by atoms with Crippen LogP contribution < -0.4 is 4.74 Å². The molecule has 1 atom stereocenters. The van der Waals surface area contributed by atoms with Crippen molar-refractivity contribution in [1.82, 2.24) is 19.1 Å². The molecule has 9 nitrogen and oxygen atoms in total. The number of pyridine rings is 1. The predicted octanol–water partition coefficient (Wildman–Crippen LogP) is 3.84. The third-order valence-electron chi connectivity index (χ3n) is 8.79. The molecule has 5 rings (SSSR count). The number of amides is 1. The zero-order valence-electron chi connectivity index (χ0n) is 25.4. The summed E-state index contributed by atoms with van der Waals surface area (Å²) in [5.41, 5.74) is 2.59. The van der Waals surface area contributed by atoms with E-state index in [4.69, 9.17) is 14.2 Å². The molecule has 2 aromatic rings. The molecular weight excluding hydrogens is 552 g/mol. The van der Waals surface area contributed by atoms with Gasteiger partial charge >= 0.3 is 0 Å². The van der Waals surface area contributed by atoms with Gasteiger partial charge in [-0.3, -0.25) is 9.78 Å². The van der Waals surface area contributed by atoms with Crippen LogP contribution in [0.3, 0.4) is 0 Å². The number of carbonyl (C=O) groups excluding carboxylic acids is 1. The third-order valence-corrected chi connectivity index (χ3v) is 10.7. The molecule has 0 N–H and O–H groups in total. The first kappa shape index (κ1) is 31.1. The van der Waals surface area contributed by atoms with Crippen molar-refractivity contribution in [1.29, 1.82) is 0 Å². The van der Waals surface area contributed by atoms with Gasteiger partial charge in [-0.15, -0.1) is 0 Å². The van der Waals surface area contributed by atoms with Crippen molar-refractivity contribution in [3.63, 3.8) is 0 Å². The average molecular weight is 599 g/mol. The lowest BCUT2D eigenvalue weighted by Crippen LogP contribution is -2.48. The van der Waals surface area contributed by atoms with E-state index in [0.717, 1.165) is 72.7 Å². The molecule has 1 aromatic heterocycles. The fourth-order valence-corrected chi connectivity index (χ4v) is 7.86. The van der Waals surface area contributed by atoms with Crippen LogP contribution in [-0.4, -0.2) is 101 Å². The summed E-state index contributed by atoms with van der Waals surface area (Å²) in [5.74, 6) is 0.766. The number of methoxy groups -OCH3 is 1. The van der Waals surface area contributed by atoms with Crippen LogP contribution in [0.4, 0.5) is 0 Å². The molecule has 230 valence electrons. The summed E-state index contributed by atoms with van der Waals surface area (Å²) in [5, 5.41) is 0. The standard InChI is InChI=1S/C32H46N4O5S/c1-25-21-29(39-3)22-26(2)31(25)42(38)36(28-8-9-28)18-19-40-24-30(37)35-15-10-32(11-16-35,27-7-6-12-33-23-27)41-20-17-34-13-4-5-14-34/h6-7,12,21-23,28H,4-5,8-11,13-20,24H2,1-3H3. The molecule has 3 fully saturated rings. The maximum absolute atomic E-state index is 13.6. The highest BCUT2D eigenvalue weighted by atomic mass is 32.2. The summed E-state index contributed by atoms with van der Waals surface area (Å²) in [6.45, 7) is 10.0. The van der Waals surface area contributed by atoms with E-state index in [1.807, 2.05) is 47.4 Å². The van der Waals surface area contributed by atoms with Crippen LogP contribution in [0.1, 0.15) is 55.2 Å². The second-order valence-corrected chi connectivity index (χ2v) is 13.2. The van der Waals surface area contributed by atoms with Gasteiger partial charge in [-0.25, -0.2) is 8.51 Å². The molecule has 0 bridgehead atoms. The minimum absolute atomic E-state index is 0.00667. The Morgan fingerprint density at radius 1 is 1.10 bits per heavy atom. The maximum atomic E-state index is 13.6. The van der Waals surface area contributed by atoms with E-state index in [1.54, 1.807) is 13.3 Å². The Morgan fingerprint density at radius 2 is 1.81 bits per heavy atom. The number of aromatic nitrogens is 1. The van der Waals surface area contributed by atoms with Crippen LogP contribution in [0.5, 0.6) is 5.75 Å². The largest absolute Gasteiger partial charge is 0.497 e. The number of piperidine rings is 1. The summed E-state index contributed by atoms with van der Waals surface area (Å²) in [6.07, 6.45) is 9.77. The number of benzene rings is 1. The van der Waals surface area contributed by atoms with E-state index in [1.165, 1.54) is 12.8 Å². The number of hydrogen-bond acceptors (Lipinski definition) is 7. The fourth-order valence-electron chi connectivity index (χ4n) is 6.23. The molecule has 0 radical (unpaired) electrons. The van der Waals surface area contributed by atoms with Crippen LogP contribution >= 0.6 is 0 Å². The van der Waals surface area contributed by atoms with E-state index in [0.29, 0.717) is 38.9 Å². The Bertz CT molecular complexity index is 1190. The van der Waals surface area contributed by atoms with Gasteiger partial charge in [0.25, 0.3) is 0 Å². The summed E-state index contributed by atoms with van der Waals surface area (Å²) < 4.78 is 33.5. The Hall–Kier alpha value is -2.37. The van der Waals surface area contributed by atoms with Crippen molar-refractivity contribution in [2.45, 2.75) is 68.9 Å². The molecule has 1 amide bonds. The molecule has 10 heteroatoms. The normalized spacial score (nSPS) is 19.8. The first-order chi connectivity index (χ1) is 20.4. The number of likely N-dealkylation sites (tertiary alicyclic amines) is 2. The molecule has 0 spiro atoms. The predicted molar refractivity (Wildman–Crippen MR) is 163 cm³/mol. The lowest BCUT2D eigenvalue weighted by molar-refractivity contribution is -0.144. The van der Waals surface area contributed by atoms with Gasteiger partial charge in [0.05, 0.1) is 30.8 Å². The fraction of sp³-hybridized carbons (Fsp3) is 0.625. The third kappa shape index (κ3) is 7.58. The summed E-state index contributed by atoms with van der Waals surface area (Å²) in [6, 6.07) is 8.20. The molecule has 1 unspecified atom stereocenters. The highest BCUT2D eigenvalue weighted by Crippen LogP contribution is 2.37. The monoisotopic (exact) mass is 598 g/mol. The van der Waals surface area contributed by atoms with Crippen molar-refractivity contribution in [2.75, 3.05) is 66.2 Å². The first-order valence-electron chi connectivity index (χ1n) is 15.4. The van der Waals surface area contributed by atoms with Crippen LogP contribution in [0.15, 0.2) is 41.6 Å². The molecule has 1 saturated carbocycles. The van der Waals surface area contributed by atoms with Gasteiger partial charge in [0.1, 0.15) is 23.3 Å². The van der Waals surface area contributed by atoms with Crippen LogP contribution in [0.25, 0.3) is 0 Å². The minimum atomic E-state index is -1.29. The molecule has 2 aliphatic heterocycles. The smallest absolute Gasteiger partial charge is 0.248 e. The number of carbonyl (C=O) groups is 1. The Balaban J connectivity index is 1.11. The molecule has 42 heavy (non-hydrogen) atoms. The van der Waals surface area contributed by atoms with Crippen LogP contribution in [-0.2, 0) is 30.9 Å². The van der Waals surface area contributed by atoms with E-state index < -0.39 is 16.6 Å². The number of aryl methyl sites for hydroxylation is 2. The lowest BCUT2D eigenvalue weighted by atomic mass is 9.85. The van der Waals surface area contributed by atoms with E-state index in [-0.39, 0.29) is 12.5 Å². The van der Waals surface area contributed by atoms with Gasteiger partial charge in [0, 0.05) is 50.2 Å². The zero-order valence-corrected chi connectivity index (χ0v) is 26.2. The quantitative estimate of drug-likeness (QED) is 0.306. The highest BCUT2D eigenvalue weighted by molar-refractivity contribution is 7.82. The topological polar surface area (TPSA) is 84.4 Å². The van der Waals surface area contributed by atoms with E-state index >= 15 is 0 Å². The van der Waals surface area contributed by atoms with Crippen LogP contribution in [0.2, 0.25) is 0 Å². The van der Waals surface area contributed by atoms with Gasteiger partial charge in [0.2, 0.25) is 5.91 Å². The minimum Gasteiger partial charge on any atom is -0.497 e. The molecule has 2 saturated heterocycles. The molecule has 1 aliphatic carbocycles. The first-order valence-corrected chi connectivity index (χ1v) is 16.5. The Kier molecular flexibility index (Phi) is 10.7. The number of rotatable bonds is 14. The van der Waals surface area contributed by atoms with Crippen LogP contribution in [0, 0.1) is 13.8 Å². The Labute approximate surface area is 253 Å². The van der Waals surface area contributed by atoms with Gasteiger partial charge in [-0.1, -0.05) is 6.07 Å². The van der Waals surface area contributed by atoms with Crippen molar-refractivity contribution in [2.24, 2.45) is 0 Å². The summed E-state index contributed by atoms with van der Waals surface area (Å²) in [7, 11) is 0.353. The van der Waals surface area contributed by atoms with E-state index in [9.17, 15) is 9.00 Å². The summed E-state index contributed by atoms with van der Waals surface area (Å²) >= 11 is 0. The highest BCUT2D eigenvalue weighted by Gasteiger charge is 2.39. The van der Waals surface area contributed by atoms with Crippen molar-refractivity contribution in [3.05, 3.63) is 53.3 Å². The van der Waals surface area contributed by atoms with Crippen molar-refractivity contribution < 1.29 is 23.2 Å². The zero-order chi connectivity index (χ0) is 29.5. The second kappa shape index (κ2) is 14.4. The van der Waals surface area contributed by atoms with E-state index in [2.05, 4.69) is 16.0 Å².